The molecule has 0 atom stereocenters. The van der Waals surface area contributed by atoms with Crippen molar-refractivity contribution in [2.24, 2.45) is 5.14 Å². The Bertz CT molecular complexity index is 870. The van der Waals surface area contributed by atoms with E-state index in [9.17, 15) is 26.0 Å². The monoisotopic (exact) mass is 426 g/mol. The van der Waals surface area contributed by atoms with Gasteiger partial charge in [0.25, 0.3) is 0 Å². The fraction of sp³-hybridized carbons (Fsp3) is 0.143. The highest BCUT2D eigenvalue weighted by Gasteiger charge is 2.31. The Morgan fingerprint density at radius 2 is 1.79 bits per heavy atom. The average Bonchev–Trinajstić information content (AvgIpc) is 2.45. The third kappa shape index (κ3) is 4.46. The van der Waals surface area contributed by atoms with E-state index in [0.29, 0.717) is 16.2 Å². The third-order valence-corrected chi connectivity index (χ3v) is 4.69. The van der Waals surface area contributed by atoms with E-state index in [1.807, 2.05) is 0 Å². The Morgan fingerprint density at radius 1 is 1.12 bits per heavy atom. The van der Waals surface area contributed by atoms with Gasteiger partial charge in [0.05, 0.1) is 10.5 Å². The fourth-order valence-corrected chi connectivity index (χ4v) is 3.08. The van der Waals surface area contributed by atoms with Crippen molar-refractivity contribution in [1.29, 1.82) is 0 Å². The van der Waals surface area contributed by atoms with Gasteiger partial charge >= 0.3 is 6.18 Å². The number of rotatable bonds is 4. The van der Waals surface area contributed by atoms with E-state index >= 15 is 0 Å². The maximum absolute atomic E-state index is 13.8. The first-order valence-corrected chi connectivity index (χ1v) is 8.74. The van der Waals surface area contributed by atoms with Gasteiger partial charge in [-0.3, -0.25) is 0 Å². The molecule has 130 valence electrons. The summed E-state index contributed by atoms with van der Waals surface area (Å²) in [7, 11) is -3.86. The van der Waals surface area contributed by atoms with Crippen LogP contribution in [0.25, 0.3) is 0 Å². The van der Waals surface area contributed by atoms with Gasteiger partial charge < -0.3 is 5.32 Å². The molecule has 4 nitrogen and oxygen atoms in total. The number of nitrogens with one attached hydrogen (secondary N) is 1. The molecule has 0 amide bonds. The maximum atomic E-state index is 13.8. The van der Waals surface area contributed by atoms with Crippen molar-refractivity contribution in [3.8, 4) is 0 Å². The smallest absolute Gasteiger partial charge is 0.380 e. The van der Waals surface area contributed by atoms with Crippen LogP contribution >= 0.6 is 15.9 Å². The normalized spacial score (nSPS) is 12.2. The van der Waals surface area contributed by atoms with Crippen LogP contribution in [0.15, 0.2) is 45.8 Å². The molecule has 0 aliphatic rings. The van der Waals surface area contributed by atoms with Gasteiger partial charge in [-0.1, -0.05) is 6.07 Å². The minimum absolute atomic E-state index is 0.0328. The van der Waals surface area contributed by atoms with Gasteiger partial charge in [0.15, 0.2) is 0 Å². The molecule has 0 fully saturated rings. The lowest BCUT2D eigenvalue weighted by Crippen LogP contribution is -2.12. The summed E-state index contributed by atoms with van der Waals surface area (Å²) in [6.45, 7) is -0.0860. The zero-order valence-electron chi connectivity index (χ0n) is 11.9. The van der Waals surface area contributed by atoms with Gasteiger partial charge in [-0.25, -0.2) is 17.9 Å². The molecule has 0 unspecified atom stereocenters. The topological polar surface area (TPSA) is 72.2 Å². The van der Waals surface area contributed by atoms with Crippen LogP contribution in [0.2, 0.25) is 0 Å². The molecule has 2 aromatic carbocycles. The quantitative estimate of drug-likeness (QED) is 0.728. The number of sulfonamides is 1. The van der Waals surface area contributed by atoms with Gasteiger partial charge in [-0.15, -0.1) is 0 Å². The van der Waals surface area contributed by atoms with Crippen molar-refractivity contribution in [1.82, 2.24) is 0 Å². The molecule has 24 heavy (non-hydrogen) atoms. The Labute approximate surface area is 143 Å². The van der Waals surface area contributed by atoms with Crippen LogP contribution in [0.4, 0.5) is 23.2 Å². The van der Waals surface area contributed by atoms with Crippen molar-refractivity contribution in [3.63, 3.8) is 0 Å². The number of benzene rings is 2. The van der Waals surface area contributed by atoms with Gasteiger partial charge in [-0.2, -0.15) is 13.2 Å². The first kappa shape index (κ1) is 18.7. The summed E-state index contributed by atoms with van der Waals surface area (Å²) in [5, 5.41) is 7.80. The third-order valence-electron chi connectivity index (χ3n) is 3.12. The maximum Gasteiger partial charge on any atom is 0.416 e. The summed E-state index contributed by atoms with van der Waals surface area (Å²) in [6, 6.07) is 6.19. The van der Waals surface area contributed by atoms with Crippen LogP contribution in [0, 0.1) is 5.82 Å². The predicted molar refractivity (Wildman–Crippen MR) is 84.2 cm³/mol. The molecule has 0 saturated heterocycles. The number of primary sulfonamides is 1. The summed E-state index contributed by atoms with van der Waals surface area (Å²) in [6.07, 6.45) is -4.61. The van der Waals surface area contributed by atoms with Crippen LogP contribution < -0.4 is 10.5 Å². The second kappa shape index (κ2) is 6.69. The fourth-order valence-electron chi connectivity index (χ4n) is 1.87. The zero-order chi connectivity index (χ0) is 18.1. The Hall–Kier alpha value is -1.65. The molecular weight excluding hydrogens is 416 g/mol. The van der Waals surface area contributed by atoms with Crippen molar-refractivity contribution < 1.29 is 26.0 Å². The Balaban J connectivity index is 2.17. The SMILES string of the molecule is NS(=O)(=O)c1ccc(NCc2ccc(C(F)(F)F)cc2F)c(Br)c1. The van der Waals surface area contributed by atoms with Crippen LogP contribution in [0.5, 0.6) is 0 Å². The molecule has 10 heteroatoms. The summed E-state index contributed by atoms with van der Waals surface area (Å²) in [4.78, 5) is -0.111. The van der Waals surface area contributed by atoms with Crippen molar-refractivity contribution in [2.45, 2.75) is 17.6 Å². The number of anilines is 1. The van der Waals surface area contributed by atoms with Gasteiger partial charge in [0.1, 0.15) is 5.82 Å². The van der Waals surface area contributed by atoms with E-state index < -0.39 is 27.6 Å². The molecule has 0 aliphatic heterocycles. The number of hydrogen-bond acceptors (Lipinski definition) is 3. The highest BCUT2D eigenvalue weighted by molar-refractivity contribution is 9.10. The lowest BCUT2D eigenvalue weighted by molar-refractivity contribution is -0.137. The molecule has 0 aromatic heterocycles. The van der Waals surface area contributed by atoms with Crippen molar-refractivity contribution >= 4 is 31.6 Å². The van der Waals surface area contributed by atoms with Crippen molar-refractivity contribution in [2.75, 3.05) is 5.32 Å². The second-order valence-electron chi connectivity index (χ2n) is 4.84. The van der Waals surface area contributed by atoms with Gasteiger partial charge in [-0.05, 0) is 46.3 Å². The summed E-state index contributed by atoms with van der Waals surface area (Å²) in [5.41, 5.74) is -0.602. The summed E-state index contributed by atoms with van der Waals surface area (Å²) >= 11 is 3.14. The minimum Gasteiger partial charge on any atom is -0.380 e. The lowest BCUT2D eigenvalue weighted by Gasteiger charge is -2.12. The molecule has 0 heterocycles. The van der Waals surface area contributed by atoms with Crippen molar-refractivity contribution in [3.05, 3.63) is 57.8 Å². The predicted octanol–water partition coefficient (Wildman–Crippen LogP) is 3.87. The number of hydrogen-bond donors (Lipinski definition) is 2. The largest absolute Gasteiger partial charge is 0.416 e. The van der Waals surface area contributed by atoms with E-state index in [1.165, 1.54) is 18.2 Å². The molecule has 0 saturated carbocycles. The van der Waals surface area contributed by atoms with E-state index in [1.54, 1.807) is 0 Å². The molecule has 0 spiro atoms. The van der Waals surface area contributed by atoms with E-state index in [4.69, 9.17) is 5.14 Å². The highest BCUT2D eigenvalue weighted by Crippen LogP contribution is 2.31. The highest BCUT2D eigenvalue weighted by atomic mass is 79.9. The molecule has 3 N–H and O–H groups in total. The van der Waals surface area contributed by atoms with E-state index in [0.717, 1.165) is 12.1 Å². The van der Waals surface area contributed by atoms with Crippen LogP contribution in [-0.2, 0) is 22.7 Å². The molecule has 2 rings (SSSR count). The molecular formula is C14H11BrF4N2O2S. The molecule has 2 aromatic rings. The van der Waals surface area contributed by atoms with Crippen LogP contribution in [0.3, 0.4) is 0 Å². The van der Waals surface area contributed by atoms with Crippen LogP contribution in [-0.4, -0.2) is 8.42 Å². The number of alkyl halides is 3. The standard InChI is InChI=1S/C14H11BrF4N2O2S/c15-11-6-10(24(20,22)23)3-4-13(11)21-7-8-1-2-9(5-12(8)16)14(17,18)19/h1-6,21H,7H2,(H2,20,22,23). The van der Waals surface area contributed by atoms with Crippen LogP contribution in [0.1, 0.15) is 11.1 Å². The number of halogens is 5. The average molecular weight is 427 g/mol. The van der Waals surface area contributed by atoms with Gasteiger partial charge in [0, 0.05) is 22.3 Å². The minimum atomic E-state index is -4.61. The van der Waals surface area contributed by atoms with Gasteiger partial charge in [0.2, 0.25) is 10.0 Å². The van der Waals surface area contributed by atoms with E-state index in [2.05, 4.69) is 21.2 Å². The first-order chi connectivity index (χ1) is 11.0. The number of nitrogens with two attached hydrogens (primary N) is 1. The Morgan fingerprint density at radius 3 is 2.29 bits per heavy atom. The summed E-state index contributed by atoms with van der Waals surface area (Å²) < 4.78 is 74.0. The van der Waals surface area contributed by atoms with E-state index in [-0.39, 0.29) is 17.0 Å². The second-order valence-corrected chi connectivity index (χ2v) is 7.26. The first-order valence-electron chi connectivity index (χ1n) is 6.40. The Kier molecular flexibility index (Phi) is 5.21. The molecule has 0 aliphatic carbocycles. The zero-order valence-corrected chi connectivity index (χ0v) is 14.3. The molecule has 0 bridgehead atoms. The summed E-state index contributed by atoms with van der Waals surface area (Å²) in [5.74, 6) is -0.991. The molecule has 0 radical (unpaired) electrons. The lowest BCUT2D eigenvalue weighted by atomic mass is 10.1.